The van der Waals surface area contributed by atoms with E-state index >= 15 is 0 Å². The smallest absolute Gasteiger partial charge is 0.308 e. The zero-order valence-electron chi connectivity index (χ0n) is 14.8. The lowest BCUT2D eigenvalue weighted by molar-refractivity contribution is -0.115. The summed E-state index contributed by atoms with van der Waals surface area (Å²) < 4.78 is 0.890. The molecule has 0 saturated heterocycles. The number of carbonyl (C=O) groups is 2. The number of nitrogens with one attached hydrogen (secondary N) is 3. The van der Waals surface area contributed by atoms with Gasteiger partial charge in [-0.1, -0.05) is 36.0 Å². The van der Waals surface area contributed by atoms with Crippen molar-refractivity contribution in [2.24, 2.45) is 0 Å². The molecule has 0 aliphatic heterocycles. The maximum Gasteiger partial charge on any atom is 0.323 e. The van der Waals surface area contributed by atoms with Crippen LogP contribution in [-0.4, -0.2) is 16.9 Å². The molecule has 7 heteroatoms. The molecule has 0 bridgehead atoms. The Morgan fingerprint density at radius 1 is 1.04 bits per heavy atom. The quantitative estimate of drug-likeness (QED) is 0.612. The number of nitrogens with zero attached hydrogens (tertiary/aromatic N) is 1. The molecule has 0 atom stereocenters. The number of thiazole rings is 1. The lowest BCUT2D eigenvalue weighted by atomic mass is 10.1. The van der Waals surface area contributed by atoms with E-state index in [1.165, 1.54) is 11.3 Å². The Morgan fingerprint density at radius 2 is 1.85 bits per heavy atom. The highest BCUT2D eigenvalue weighted by Gasteiger charge is 2.09. The number of amides is 3. The molecule has 26 heavy (non-hydrogen) atoms. The molecule has 0 saturated carbocycles. The summed E-state index contributed by atoms with van der Waals surface area (Å²) in [7, 11) is 0. The number of urea groups is 1. The molecule has 0 spiro atoms. The molecule has 0 fully saturated rings. The Labute approximate surface area is 155 Å². The molecule has 0 aliphatic carbocycles. The van der Waals surface area contributed by atoms with Gasteiger partial charge in [0.15, 0.2) is 5.13 Å². The molecule has 134 valence electrons. The fraction of sp³-hybridized carbons (Fsp3) is 0.211. The van der Waals surface area contributed by atoms with Crippen LogP contribution in [0.15, 0.2) is 36.4 Å². The second kappa shape index (κ2) is 7.53. The van der Waals surface area contributed by atoms with Gasteiger partial charge in [0.05, 0.1) is 10.2 Å². The van der Waals surface area contributed by atoms with Crippen molar-refractivity contribution >= 4 is 50.0 Å². The highest BCUT2D eigenvalue weighted by atomic mass is 32.1. The van der Waals surface area contributed by atoms with Gasteiger partial charge in [-0.25, -0.2) is 9.78 Å². The van der Waals surface area contributed by atoms with E-state index < -0.39 is 0 Å². The lowest BCUT2D eigenvalue weighted by Gasteiger charge is -2.10. The maximum atomic E-state index is 12.3. The van der Waals surface area contributed by atoms with Crippen LogP contribution in [-0.2, 0) is 4.79 Å². The Kier molecular flexibility index (Phi) is 5.18. The summed E-state index contributed by atoms with van der Waals surface area (Å²) in [6, 6.07) is 11.0. The van der Waals surface area contributed by atoms with Gasteiger partial charge in [0, 0.05) is 17.8 Å². The van der Waals surface area contributed by atoms with E-state index in [-0.39, 0.29) is 11.9 Å². The van der Waals surface area contributed by atoms with Crippen molar-refractivity contribution in [2.75, 3.05) is 16.0 Å². The predicted octanol–water partition coefficient (Wildman–Crippen LogP) is 4.91. The lowest BCUT2D eigenvalue weighted by Crippen LogP contribution is -2.19. The summed E-state index contributed by atoms with van der Waals surface area (Å²) in [5.74, 6) is -0.0738. The Morgan fingerprint density at radius 3 is 2.58 bits per heavy atom. The van der Waals surface area contributed by atoms with Gasteiger partial charge in [0.25, 0.3) is 0 Å². The highest BCUT2D eigenvalue weighted by Crippen LogP contribution is 2.28. The summed E-state index contributed by atoms with van der Waals surface area (Å²) in [4.78, 5) is 28.1. The first-order chi connectivity index (χ1) is 12.4. The number of aryl methyl sites for hydroxylation is 2. The molecular weight excluding hydrogens is 348 g/mol. The van der Waals surface area contributed by atoms with Crippen molar-refractivity contribution < 1.29 is 9.59 Å². The Balaban J connectivity index is 1.71. The van der Waals surface area contributed by atoms with E-state index in [4.69, 9.17) is 0 Å². The largest absolute Gasteiger partial charge is 0.323 e. The molecule has 3 aromatic rings. The van der Waals surface area contributed by atoms with E-state index in [9.17, 15) is 9.59 Å². The van der Waals surface area contributed by atoms with Crippen LogP contribution in [0.5, 0.6) is 0 Å². The number of hydrogen-bond donors (Lipinski definition) is 3. The van der Waals surface area contributed by atoms with Gasteiger partial charge in [-0.15, -0.1) is 0 Å². The molecule has 1 heterocycles. The minimum Gasteiger partial charge on any atom is -0.308 e. The second-order valence-corrected chi connectivity index (χ2v) is 7.03. The molecular formula is C19H20N4O2S. The number of hydrogen-bond acceptors (Lipinski definition) is 4. The van der Waals surface area contributed by atoms with Gasteiger partial charge in [-0.2, -0.15) is 0 Å². The summed E-state index contributed by atoms with van der Waals surface area (Å²) in [6.45, 7) is 5.76. The van der Waals surface area contributed by atoms with Crippen LogP contribution in [0.3, 0.4) is 0 Å². The van der Waals surface area contributed by atoms with Crippen molar-refractivity contribution in [3.05, 3.63) is 47.5 Å². The number of aromatic nitrogens is 1. The van der Waals surface area contributed by atoms with Crippen molar-refractivity contribution in [3.63, 3.8) is 0 Å². The van der Waals surface area contributed by atoms with Gasteiger partial charge in [0.1, 0.15) is 0 Å². The van der Waals surface area contributed by atoms with Crippen molar-refractivity contribution in [3.8, 4) is 0 Å². The SMILES string of the molecule is CCC(=O)Nc1nc2ccc(NC(=O)Nc3ccc(C)cc3C)cc2s1. The topological polar surface area (TPSA) is 83.1 Å². The number of benzene rings is 2. The summed E-state index contributed by atoms with van der Waals surface area (Å²) in [5.41, 5.74) is 4.37. The van der Waals surface area contributed by atoms with Crippen molar-refractivity contribution in [1.29, 1.82) is 0 Å². The van der Waals surface area contributed by atoms with E-state index in [0.29, 0.717) is 17.2 Å². The molecule has 3 rings (SSSR count). The molecule has 3 amide bonds. The van der Waals surface area contributed by atoms with Crippen LogP contribution in [0, 0.1) is 13.8 Å². The minimum absolute atomic E-state index is 0.0738. The van der Waals surface area contributed by atoms with E-state index in [1.54, 1.807) is 13.0 Å². The third-order valence-electron chi connectivity index (χ3n) is 3.84. The number of carbonyl (C=O) groups excluding carboxylic acids is 2. The van der Waals surface area contributed by atoms with Crippen molar-refractivity contribution in [2.45, 2.75) is 27.2 Å². The van der Waals surface area contributed by atoms with Crippen LogP contribution >= 0.6 is 11.3 Å². The number of rotatable bonds is 4. The molecule has 1 aromatic heterocycles. The first-order valence-corrected chi connectivity index (χ1v) is 9.12. The van der Waals surface area contributed by atoms with Gasteiger partial charge in [-0.05, 0) is 43.7 Å². The first-order valence-electron chi connectivity index (χ1n) is 8.30. The van der Waals surface area contributed by atoms with Crippen LogP contribution < -0.4 is 16.0 Å². The van der Waals surface area contributed by atoms with Gasteiger partial charge in [-0.3, -0.25) is 4.79 Å². The average molecular weight is 368 g/mol. The van der Waals surface area contributed by atoms with Crippen molar-refractivity contribution in [1.82, 2.24) is 4.98 Å². The monoisotopic (exact) mass is 368 g/mol. The predicted molar refractivity (Wildman–Crippen MR) is 107 cm³/mol. The van der Waals surface area contributed by atoms with Crippen LogP contribution in [0.2, 0.25) is 0 Å². The second-order valence-electron chi connectivity index (χ2n) is 6.00. The summed E-state index contributed by atoms with van der Waals surface area (Å²) in [6.07, 6.45) is 0.404. The molecule has 3 N–H and O–H groups in total. The maximum absolute atomic E-state index is 12.3. The normalized spacial score (nSPS) is 10.6. The fourth-order valence-electron chi connectivity index (χ4n) is 2.50. The van der Waals surface area contributed by atoms with Gasteiger partial charge in [0.2, 0.25) is 5.91 Å². The average Bonchev–Trinajstić information content (AvgIpc) is 2.98. The van der Waals surface area contributed by atoms with E-state index in [1.807, 2.05) is 44.2 Å². The standard InChI is InChI=1S/C19H20N4O2S/c1-4-17(24)23-19-22-15-8-6-13(10-16(15)26-19)20-18(25)21-14-7-5-11(2)9-12(14)3/h5-10H,4H2,1-3H3,(H2,20,21,25)(H,22,23,24). The molecule has 0 unspecified atom stereocenters. The summed E-state index contributed by atoms with van der Waals surface area (Å²) >= 11 is 1.38. The van der Waals surface area contributed by atoms with E-state index in [2.05, 4.69) is 20.9 Å². The fourth-order valence-corrected chi connectivity index (χ4v) is 3.42. The number of fused-ring (bicyclic) bond motifs is 1. The zero-order valence-corrected chi connectivity index (χ0v) is 15.7. The van der Waals surface area contributed by atoms with Gasteiger partial charge >= 0.3 is 6.03 Å². The van der Waals surface area contributed by atoms with Gasteiger partial charge < -0.3 is 16.0 Å². The van der Waals surface area contributed by atoms with Crippen LogP contribution in [0.25, 0.3) is 10.2 Å². The first kappa shape index (κ1) is 17.9. The third-order valence-corrected chi connectivity index (χ3v) is 4.78. The zero-order chi connectivity index (χ0) is 18.7. The Bertz CT molecular complexity index is 981. The third kappa shape index (κ3) is 4.18. The molecule has 0 aliphatic rings. The van der Waals surface area contributed by atoms with Crippen LogP contribution in [0.4, 0.5) is 21.3 Å². The van der Waals surface area contributed by atoms with Crippen LogP contribution in [0.1, 0.15) is 24.5 Å². The Hall–Kier alpha value is -2.93. The molecule has 0 radical (unpaired) electrons. The molecule has 6 nitrogen and oxygen atoms in total. The summed E-state index contributed by atoms with van der Waals surface area (Å²) in [5, 5.41) is 8.99. The minimum atomic E-state index is -0.305. The number of anilines is 3. The highest BCUT2D eigenvalue weighted by molar-refractivity contribution is 7.22. The molecule has 2 aromatic carbocycles. The van der Waals surface area contributed by atoms with E-state index in [0.717, 1.165) is 27.0 Å².